The van der Waals surface area contributed by atoms with E-state index in [0.717, 1.165) is 28.4 Å². The van der Waals surface area contributed by atoms with Crippen LogP contribution in [0.15, 0.2) is 36.9 Å². The highest BCUT2D eigenvalue weighted by atomic mass is 19.1. The molecule has 0 fully saturated rings. The summed E-state index contributed by atoms with van der Waals surface area (Å²) in [6, 6.07) is 6.43. The number of benzene rings is 2. The Morgan fingerprint density at radius 2 is 1.93 bits per heavy atom. The van der Waals surface area contributed by atoms with Crippen molar-refractivity contribution in [2.45, 2.75) is 39.7 Å². The first-order valence-corrected chi connectivity index (χ1v) is 9.98. The SMILES string of the molecule is C=CC(=O)N(C)c1cc2c(cc1C)CCN(C(=O)c1cc(C(C)C)c(F)cc1O)C2. The van der Waals surface area contributed by atoms with Crippen molar-refractivity contribution in [1.82, 2.24) is 4.90 Å². The molecule has 1 aliphatic rings. The van der Waals surface area contributed by atoms with Crippen molar-refractivity contribution >= 4 is 17.5 Å². The van der Waals surface area contributed by atoms with Gasteiger partial charge in [0, 0.05) is 31.9 Å². The quantitative estimate of drug-likeness (QED) is 0.764. The van der Waals surface area contributed by atoms with Crippen LogP contribution in [0.25, 0.3) is 0 Å². The van der Waals surface area contributed by atoms with Gasteiger partial charge >= 0.3 is 0 Å². The van der Waals surface area contributed by atoms with Crippen LogP contribution in [0.4, 0.5) is 10.1 Å². The molecule has 1 aliphatic heterocycles. The Morgan fingerprint density at radius 1 is 1.23 bits per heavy atom. The molecule has 2 amide bonds. The molecule has 0 bridgehead atoms. The minimum Gasteiger partial charge on any atom is -0.507 e. The number of phenols is 1. The molecule has 0 aromatic heterocycles. The molecule has 0 radical (unpaired) electrons. The van der Waals surface area contributed by atoms with E-state index in [4.69, 9.17) is 0 Å². The first-order chi connectivity index (χ1) is 14.1. The van der Waals surface area contributed by atoms with E-state index in [0.29, 0.717) is 25.1 Å². The van der Waals surface area contributed by atoms with Gasteiger partial charge in [-0.1, -0.05) is 26.5 Å². The average molecular weight is 410 g/mol. The number of likely N-dealkylation sites (N-methyl/N-ethyl adjacent to an activating group) is 1. The van der Waals surface area contributed by atoms with Gasteiger partial charge < -0.3 is 14.9 Å². The maximum atomic E-state index is 14.1. The van der Waals surface area contributed by atoms with Crippen LogP contribution in [0, 0.1) is 12.7 Å². The Morgan fingerprint density at radius 3 is 2.57 bits per heavy atom. The molecule has 30 heavy (non-hydrogen) atoms. The van der Waals surface area contributed by atoms with Crippen molar-refractivity contribution in [2.75, 3.05) is 18.5 Å². The van der Waals surface area contributed by atoms with Crippen LogP contribution in [0.5, 0.6) is 5.75 Å². The van der Waals surface area contributed by atoms with Gasteiger partial charge in [-0.15, -0.1) is 0 Å². The normalized spacial score (nSPS) is 13.2. The van der Waals surface area contributed by atoms with E-state index < -0.39 is 5.82 Å². The lowest BCUT2D eigenvalue weighted by Crippen LogP contribution is -2.36. The van der Waals surface area contributed by atoms with Crippen molar-refractivity contribution in [3.63, 3.8) is 0 Å². The van der Waals surface area contributed by atoms with Gasteiger partial charge in [0.15, 0.2) is 0 Å². The Balaban J connectivity index is 1.93. The molecule has 2 aromatic rings. The molecule has 0 saturated heterocycles. The standard InChI is InChI=1S/C24H27FN2O3/c1-6-23(29)26(5)21-10-17-13-27(8-7-16(17)9-15(21)4)24(30)19-11-18(14(2)3)20(25)12-22(19)28/h6,9-12,14,28H,1,7-8,13H2,2-5H3. The third-order valence-corrected chi connectivity index (χ3v) is 5.65. The fraction of sp³-hybridized carbons (Fsp3) is 0.333. The first kappa shape index (κ1) is 21.6. The van der Waals surface area contributed by atoms with Gasteiger partial charge in [0.1, 0.15) is 11.6 Å². The van der Waals surface area contributed by atoms with E-state index in [2.05, 4.69) is 6.58 Å². The molecule has 5 nitrogen and oxygen atoms in total. The summed E-state index contributed by atoms with van der Waals surface area (Å²) in [5, 5.41) is 10.2. The lowest BCUT2D eigenvalue weighted by molar-refractivity contribution is -0.113. The second kappa shape index (κ2) is 8.30. The van der Waals surface area contributed by atoms with Crippen molar-refractivity contribution in [3.8, 4) is 5.75 Å². The predicted molar refractivity (Wildman–Crippen MR) is 115 cm³/mol. The van der Waals surface area contributed by atoms with Gasteiger partial charge in [0.25, 0.3) is 5.91 Å². The molecule has 0 unspecified atom stereocenters. The Labute approximate surface area is 176 Å². The summed E-state index contributed by atoms with van der Waals surface area (Å²) in [5.41, 5.74) is 4.32. The van der Waals surface area contributed by atoms with Crippen LogP contribution in [0.3, 0.4) is 0 Å². The summed E-state index contributed by atoms with van der Waals surface area (Å²) in [6.45, 7) is 10.0. The van der Waals surface area contributed by atoms with Crippen LogP contribution in [0.2, 0.25) is 0 Å². The van der Waals surface area contributed by atoms with Crippen molar-refractivity contribution in [3.05, 3.63) is 70.6 Å². The molecule has 0 atom stereocenters. The van der Waals surface area contributed by atoms with Crippen LogP contribution >= 0.6 is 0 Å². The van der Waals surface area contributed by atoms with E-state index in [1.165, 1.54) is 17.0 Å². The minimum atomic E-state index is -0.516. The average Bonchev–Trinajstić information content (AvgIpc) is 2.71. The summed E-state index contributed by atoms with van der Waals surface area (Å²) in [7, 11) is 1.69. The number of anilines is 1. The Hall–Kier alpha value is -3.15. The molecule has 3 rings (SSSR count). The first-order valence-electron chi connectivity index (χ1n) is 9.98. The fourth-order valence-corrected chi connectivity index (χ4v) is 3.87. The molecule has 0 saturated carbocycles. The predicted octanol–water partition coefficient (Wildman–Crippen LogP) is 4.31. The molecular weight excluding hydrogens is 383 g/mol. The third kappa shape index (κ3) is 3.95. The Kier molecular flexibility index (Phi) is 5.97. The lowest BCUT2D eigenvalue weighted by atomic mass is 9.94. The van der Waals surface area contributed by atoms with E-state index >= 15 is 0 Å². The zero-order chi connectivity index (χ0) is 22.2. The van der Waals surface area contributed by atoms with Crippen LogP contribution in [-0.2, 0) is 17.8 Å². The number of carbonyl (C=O) groups is 2. The van der Waals surface area contributed by atoms with Crippen LogP contribution < -0.4 is 4.90 Å². The van der Waals surface area contributed by atoms with Crippen molar-refractivity contribution in [1.29, 1.82) is 0 Å². The largest absolute Gasteiger partial charge is 0.507 e. The highest BCUT2D eigenvalue weighted by Gasteiger charge is 2.26. The minimum absolute atomic E-state index is 0.106. The molecule has 0 aliphatic carbocycles. The molecular formula is C24H27FN2O3. The highest BCUT2D eigenvalue weighted by Crippen LogP contribution is 2.31. The molecule has 1 heterocycles. The summed E-state index contributed by atoms with van der Waals surface area (Å²) < 4.78 is 14.1. The summed E-state index contributed by atoms with van der Waals surface area (Å²) in [5.74, 6) is -1.52. The van der Waals surface area contributed by atoms with Gasteiger partial charge in [-0.25, -0.2) is 4.39 Å². The molecule has 158 valence electrons. The number of phenolic OH excluding ortho intramolecular Hbond substituents is 1. The number of rotatable bonds is 4. The summed E-state index contributed by atoms with van der Waals surface area (Å²) >= 11 is 0. The maximum Gasteiger partial charge on any atom is 0.257 e. The number of nitrogens with zero attached hydrogens (tertiary/aromatic N) is 2. The zero-order valence-electron chi connectivity index (χ0n) is 17.8. The fourth-order valence-electron chi connectivity index (χ4n) is 3.87. The van der Waals surface area contributed by atoms with Crippen molar-refractivity contribution in [2.24, 2.45) is 0 Å². The Bertz CT molecular complexity index is 1030. The summed E-state index contributed by atoms with van der Waals surface area (Å²) in [4.78, 5) is 28.3. The second-order valence-corrected chi connectivity index (χ2v) is 8.03. The topological polar surface area (TPSA) is 60.9 Å². The molecule has 1 N–H and O–H groups in total. The van der Waals surface area contributed by atoms with Crippen molar-refractivity contribution < 1.29 is 19.1 Å². The number of fused-ring (bicyclic) bond motifs is 1. The maximum absolute atomic E-state index is 14.1. The number of carbonyl (C=O) groups excluding carboxylic acids is 2. The number of aromatic hydroxyl groups is 1. The van der Waals surface area contributed by atoms with Crippen LogP contribution in [-0.4, -0.2) is 35.4 Å². The van der Waals surface area contributed by atoms with Gasteiger partial charge in [0.2, 0.25) is 5.91 Å². The molecule has 2 aromatic carbocycles. The smallest absolute Gasteiger partial charge is 0.257 e. The molecule has 6 heteroatoms. The van der Waals surface area contributed by atoms with E-state index in [9.17, 15) is 19.1 Å². The number of hydrogen-bond acceptors (Lipinski definition) is 3. The van der Waals surface area contributed by atoms with Gasteiger partial charge in [-0.05, 0) is 59.7 Å². The number of halogens is 1. The highest BCUT2D eigenvalue weighted by molar-refractivity contribution is 6.01. The zero-order valence-corrected chi connectivity index (χ0v) is 17.8. The van der Waals surface area contributed by atoms with E-state index in [-0.39, 0.29) is 29.0 Å². The monoisotopic (exact) mass is 410 g/mol. The van der Waals surface area contributed by atoms with Gasteiger partial charge in [0.05, 0.1) is 5.56 Å². The number of hydrogen-bond donors (Lipinski definition) is 1. The number of amides is 2. The van der Waals surface area contributed by atoms with Gasteiger partial charge in [-0.2, -0.15) is 0 Å². The van der Waals surface area contributed by atoms with Crippen LogP contribution in [0.1, 0.15) is 52.4 Å². The third-order valence-electron chi connectivity index (χ3n) is 5.65. The molecule has 0 spiro atoms. The second-order valence-electron chi connectivity index (χ2n) is 8.03. The number of aryl methyl sites for hydroxylation is 1. The van der Waals surface area contributed by atoms with E-state index in [1.54, 1.807) is 11.9 Å². The lowest BCUT2D eigenvalue weighted by Gasteiger charge is -2.31. The summed E-state index contributed by atoms with van der Waals surface area (Å²) in [6.07, 6.45) is 1.93. The van der Waals surface area contributed by atoms with Gasteiger partial charge in [-0.3, -0.25) is 9.59 Å². The van der Waals surface area contributed by atoms with E-state index in [1.807, 2.05) is 32.9 Å².